The highest BCUT2D eigenvalue weighted by Gasteiger charge is 1.95. The zero-order chi connectivity index (χ0) is 11.4. The molecule has 0 spiro atoms. The fraction of sp³-hybridized carbons (Fsp3) is 1.00. The Morgan fingerprint density at radius 3 is 2.27 bits per heavy atom. The lowest BCUT2D eigenvalue weighted by Gasteiger charge is -2.11. The summed E-state index contributed by atoms with van der Waals surface area (Å²) >= 11 is 0. The van der Waals surface area contributed by atoms with Gasteiger partial charge in [-0.1, -0.05) is 39.5 Å². The van der Waals surface area contributed by atoms with E-state index in [2.05, 4.69) is 31.4 Å². The van der Waals surface area contributed by atoms with Crippen LogP contribution in [0.25, 0.3) is 0 Å². The summed E-state index contributed by atoms with van der Waals surface area (Å²) in [6.07, 6.45) is 8.09. The number of hydrogen-bond acceptors (Lipinski definition) is 2. The Kier molecular flexibility index (Phi) is 11.9. The first-order valence-corrected chi connectivity index (χ1v) is 6.75. The molecule has 15 heavy (non-hydrogen) atoms. The predicted molar refractivity (Wildman–Crippen MR) is 69.4 cm³/mol. The molecule has 0 saturated carbocycles. The van der Waals surface area contributed by atoms with Crippen LogP contribution in [0.3, 0.4) is 0 Å². The molecule has 2 heteroatoms. The highest BCUT2D eigenvalue weighted by molar-refractivity contribution is 4.59. The molecule has 0 heterocycles. The summed E-state index contributed by atoms with van der Waals surface area (Å²) in [4.78, 5) is 0. The van der Waals surface area contributed by atoms with E-state index in [0.717, 1.165) is 13.1 Å². The molecule has 0 aliphatic carbocycles. The van der Waals surface area contributed by atoms with Crippen LogP contribution in [0.1, 0.15) is 59.3 Å². The molecule has 0 bridgehead atoms. The Hall–Kier alpha value is -0.0800. The topological polar surface area (TPSA) is 24.1 Å². The molecule has 0 aromatic heterocycles. The van der Waals surface area contributed by atoms with Gasteiger partial charge in [0.1, 0.15) is 0 Å². The van der Waals surface area contributed by atoms with Crippen LogP contribution in [0.5, 0.6) is 0 Å². The molecule has 0 saturated heterocycles. The van der Waals surface area contributed by atoms with Crippen LogP contribution in [-0.4, -0.2) is 25.7 Å². The number of nitrogens with one attached hydrogen (secondary N) is 2. The van der Waals surface area contributed by atoms with Gasteiger partial charge in [0.05, 0.1) is 0 Å². The van der Waals surface area contributed by atoms with Crippen molar-refractivity contribution >= 4 is 0 Å². The molecule has 1 unspecified atom stereocenters. The maximum atomic E-state index is 3.48. The van der Waals surface area contributed by atoms with Crippen LogP contribution in [0.2, 0.25) is 0 Å². The first kappa shape index (κ1) is 14.9. The molecular formula is C13H30N2. The van der Waals surface area contributed by atoms with E-state index in [0.29, 0.717) is 6.04 Å². The maximum Gasteiger partial charge on any atom is 0.00792 e. The molecule has 0 amide bonds. The zero-order valence-electron chi connectivity index (χ0n) is 10.9. The Morgan fingerprint density at radius 1 is 0.867 bits per heavy atom. The maximum absolute atomic E-state index is 3.48. The molecule has 0 radical (unpaired) electrons. The molecule has 0 aromatic rings. The fourth-order valence-corrected chi connectivity index (χ4v) is 1.53. The quantitative estimate of drug-likeness (QED) is 0.517. The monoisotopic (exact) mass is 214 g/mol. The van der Waals surface area contributed by atoms with Crippen LogP contribution in [0, 0.1) is 0 Å². The third kappa shape index (κ3) is 11.8. The van der Waals surface area contributed by atoms with Gasteiger partial charge in [-0.2, -0.15) is 0 Å². The van der Waals surface area contributed by atoms with E-state index < -0.39 is 0 Å². The van der Waals surface area contributed by atoms with Gasteiger partial charge in [-0.15, -0.1) is 0 Å². The van der Waals surface area contributed by atoms with E-state index in [1.165, 1.54) is 45.1 Å². The van der Waals surface area contributed by atoms with Crippen LogP contribution < -0.4 is 10.6 Å². The van der Waals surface area contributed by atoms with E-state index in [9.17, 15) is 0 Å². The SMILES string of the molecule is CCCCCCCNCCNC(C)CC. The van der Waals surface area contributed by atoms with Crippen molar-refractivity contribution in [2.45, 2.75) is 65.3 Å². The summed E-state index contributed by atoms with van der Waals surface area (Å²) in [7, 11) is 0. The molecular weight excluding hydrogens is 184 g/mol. The normalized spacial score (nSPS) is 13.0. The summed E-state index contributed by atoms with van der Waals surface area (Å²) in [5.74, 6) is 0. The van der Waals surface area contributed by atoms with Gasteiger partial charge < -0.3 is 10.6 Å². The largest absolute Gasteiger partial charge is 0.315 e. The zero-order valence-corrected chi connectivity index (χ0v) is 10.9. The van der Waals surface area contributed by atoms with Crippen molar-refractivity contribution in [2.24, 2.45) is 0 Å². The third-order valence-electron chi connectivity index (χ3n) is 2.86. The van der Waals surface area contributed by atoms with Crippen LogP contribution in [0.15, 0.2) is 0 Å². The van der Waals surface area contributed by atoms with E-state index >= 15 is 0 Å². The van der Waals surface area contributed by atoms with Gasteiger partial charge in [-0.25, -0.2) is 0 Å². The molecule has 0 rings (SSSR count). The van der Waals surface area contributed by atoms with Crippen molar-refractivity contribution < 1.29 is 0 Å². The Morgan fingerprint density at radius 2 is 1.60 bits per heavy atom. The first-order valence-electron chi connectivity index (χ1n) is 6.75. The molecule has 0 aliphatic heterocycles. The van der Waals surface area contributed by atoms with Gasteiger partial charge in [-0.05, 0) is 26.3 Å². The molecule has 1 atom stereocenters. The second kappa shape index (κ2) is 12.0. The number of unbranched alkanes of at least 4 members (excludes halogenated alkanes) is 4. The van der Waals surface area contributed by atoms with Crippen LogP contribution >= 0.6 is 0 Å². The molecule has 2 N–H and O–H groups in total. The molecule has 92 valence electrons. The van der Waals surface area contributed by atoms with Crippen molar-refractivity contribution in [3.8, 4) is 0 Å². The van der Waals surface area contributed by atoms with Crippen molar-refractivity contribution in [2.75, 3.05) is 19.6 Å². The molecule has 0 aliphatic rings. The Balaban J connectivity index is 2.92. The van der Waals surface area contributed by atoms with Crippen molar-refractivity contribution in [3.63, 3.8) is 0 Å². The second-order valence-electron chi connectivity index (χ2n) is 4.43. The summed E-state index contributed by atoms with van der Waals surface area (Å²) in [6.45, 7) is 10.1. The average molecular weight is 214 g/mol. The van der Waals surface area contributed by atoms with E-state index in [1.54, 1.807) is 0 Å². The average Bonchev–Trinajstić information content (AvgIpc) is 2.26. The lowest BCUT2D eigenvalue weighted by Crippen LogP contribution is -2.33. The van der Waals surface area contributed by atoms with Crippen LogP contribution in [-0.2, 0) is 0 Å². The number of hydrogen-bond donors (Lipinski definition) is 2. The lowest BCUT2D eigenvalue weighted by molar-refractivity contribution is 0.509. The first-order chi connectivity index (χ1) is 7.31. The summed E-state index contributed by atoms with van der Waals surface area (Å²) < 4.78 is 0. The van der Waals surface area contributed by atoms with Crippen molar-refractivity contribution in [1.82, 2.24) is 10.6 Å². The van der Waals surface area contributed by atoms with E-state index in [-0.39, 0.29) is 0 Å². The minimum absolute atomic E-state index is 0.663. The standard InChI is InChI=1S/C13H30N2/c1-4-6-7-8-9-10-14-11-12-15-13(3)5-2/h13-15H,4-12H2,1-3H3. The second-order valence-corrected chi connectivity index (χ2v) is 4.43. The summed E-state index contributed by atoms with van der Waals surface area (Å²) in [5, 5.41) is 6.96. The lowest BCUT2D eigenvalue weighted by atomic mass is 10.1. The highest BCUT2D eigenvalue weighted by Crippen LogP contribution is 2.00. The van der Waals surface area contributed by atoms with Gasteiger partial charge in [0, 0.05) is 19.1 Å². The Labute approximate surface area is 96.2 Å². The van der Waals surface area contributed by atoms with Gasteiger partial charge in [0.15, 0.2) is 0 Å². The van der Waals surface area contributed by atoms with Gasteiger partial charge in [0.25, 0.3) is 0 Å². The van der Waals surface area contributed by atoms with Gasteiger partial charge in [0.2, 0.25) is 0 Å². The van der Waals surface area contributed by atoms with Gasteiger partial charge in [-0.3, -0.25) is 0 Å². The molecule has 0 aromatic carbocycles. The number of rotatable bonds is 11. The molecule has 0 fully saturated rings. The Bertz CT molecular complexity index is 115. The van der Waals surface area contributed by atoms with Gasteiger partial charge >= 0.3 is 0 Å². The third-order valence-corrected chi connectivity index (χ3v) is 2.86. The van der Waals surface area contributed by atoms with E-state index in [4.69, 9.17) is 0 Å². The minimum Gasteiger partial charge on any atom is -0.315 e. The minimum atomic E-state index is 0.663. The summed E-state index contributed by atoms with van der Waals surface area (Å²) in [6, 6.07) is 0.663. The molecule has 2 nitrogen and oxygen atoms in total. The smallest absolute Gasteiger partial charge is 0.00792 e. The van der Waals surface area contributed by atoms with Crippen LogP contribution in [0.4, 0.5) is 0 Å². The van der Waals surface area contributed by atoms with E-state index in [1.807, 2.05) is 0 Å². The van der Waals surface area contributed by atoms with Crippen molar-refractivity contribution in [3.05, 3.63) is 0 Å². The fourth-order valence-electron chi connectivity index (χ4n) is 1.53. The highest BCUT2D eigenvalue weighted by atomic mass is 15.0. The predicted octanol–water partition coefficient (Wildman–Crippen LogP) is 2.93. The summed E-state index contributed by atoms with van der Waals surface area (Å²) in [5.41, 5.74) is 0. The van der Waals surface area contributed by atoms with Crippen molar-refractivity contribution in [1.29, 1.82) is 0 Å².